The van der Waals surface area contributed by atoms with Crippen LogP contribution in [-0.2, 0) is 4.74 Å². The molecule has 0 bridgehead atoms. The Labute approximate surface area is 80.9 Å². The molecule has 0 aliphatic carbocycles. The SMILES string of the molecule is C=CCCC/C=C\COCC(C)O. The van der Waals surface area contributed by atoms with Crippen LogP contribution in [0, 0.1) is 0 Å². The molecule has 0 aliphatic rings. The van der Waals surface area contributed by atoms with Crippen LogP contribution in [0.1, 0.15) is 26.2 Å². The topological polar surface area (TPSA) is 29.5 Å². The van der Waals surface area contributed by atoms with E-state index in [-0.39, 0.29) is 6.10 Å². The zero-order valence-electron chi connectivity index (χ0n) is 8.41. The van der Waals surface area contributed by atoms with Gasteiger partial charge in [-0.15, -0.1) is 6.58 Å². The highest BCUT2D eigenvalue weighted by atomic mass is 16.5. The zero-order valence-corrected chi connectivity index (χ0v) is 8.41. The maximum absolute atomic E-state index is 8.86. The van der Waals surface area contributed by atoms with Crippen LogP contribution in [0.25, 0.3) is 0 Å². The molecule has 0 radical (unpaired) electrons. The Bertz CT molecular complexity index is 139. The van der Waals surface area contributed by atoms with E-state index in [0.29, 0.717) is 13.2 Å². The predicted molar refractivity (Wildman–Crippen MR) is 55.7 cm³/mol. The minimum Gasteiger partial charge on any atom is -0.391 e. The largest absolute Gasteiger partial charge is 0.391 e. The van der Waals surface area contributed by atoms with Gasteiger partial charge in [-0.25, -0.2) is 0 Å². The first-order valence-corrected chi connectivity index (χ1v) is 4.79. The van der Waals surface area contributed by atoms with Gasteiger partial charge in [-0.2, -0.15) is 0 Å². The van der Waals surface area contributed by atoms with E-state index in [4.69, 9.17) is 9.84 Å². The van der Waals surface area contributed by atoms with Crippen molar-refractivity contribution in [1.29, 1.82) is 0 Å². The molecule has 0 aromatic heterocycles. The molecular weight excluding hydrogens is 164 g/mol. The average molecular weight is 184 g/mol. The van der Waals surface area contributed by atoms with Crippen LogP contribution in [-0.4, -0.2) is 24.4 Å². The molecule has 0 heterocycles. The summed E-state index contributed by atoms with van der Waals surface area (Å²) in [6, 6.07) is 0. The molecule has 1 unspecified atom stereocenters. The smallest absolute Gasteiger partial charge is 0.0745 e. The van der Waals surface area contributed by atoms with Crippen molar-refractivity contribution >= 4 is 0 Å². The van der Waals surface area contributed by atoms with E-state index < -0.39 is 0 Å². The fraction of sp³-hybridized carbons (Fsp3) is 0.636. The minimum atomic E-state index is -0.367. The second-order valence-corrected chi connectivity index (χ2v) is 3.08. The molecule has 0 amide bonds. The Kier molecular flexibility index (Phi) is 9.05. The van der Waals surface area contributed by atoms with Crippen molar-refractivity contribution in [1.82, 2.24) is 0 Å². The van der Waals surface area contributed by atoms with E-state index in [9.17, 15) is 0 Å². The molecule has 0 fully saturated rings. The van der Waals surface area contributed by atoms with Crippen LogP contribution < -0.4 is 0 Å². The van der Waals surface area contributed by atoms with Crippen molar-refractivity contribution in [3.05, 3.63) is 24.8 Å². The number of hydrogen-bond acceptors (Lipinski definition) is 2. The van der Waals surface area contributed by atoms with Gasteiger partial charge in [-0.05, 0) is 26.2 Å². The lowest BCUT2D eigenvalue weighted by atomic mass is 10.2. The van der Waals surface area contributed by atoms with Crippen molar-refractivity contribution < 1.29 is 9.84 Å². The monoisotopic (exact) mass is 184 g/mol. The van der Waals surface area contributed by atoms with Crippen LogP contribution in [0.2, 0.25) is 0 Å². The summed E-state index contributed by atoms with van der Waals surface area (Å²) in [5.74, 6) is 0. The summed E-state index contributed by atoms with van der Waals surface area (Å²) in [5.41, 5.74) is 0. The van der Waals surface area contributed by atoms with Gasteiger partial charge in [-0.1, -0.05) is 18.2 Å². The minimum absolute atomic E-state index is 0.367. The molecule has 1 atom stereocenters. The number of allylic oxidation sites excluding steroid dienone is 2. The van der Waals surface area contributed by atoms with Gasteiger partial charge in [-0.3, -0.25) is 0 Å². The maximum atomic E-state index is 8.86. The molecule has 0 saturated carbocycles. The van der Waals surface area contributed by atoms with Gasteiger partial charge >= 0.3 is 0 Å². The Morgan fingerprint density at radius 3 is 2.77 bits per heavy atom. The molecule has 76 valence electrons. The van der Waals surface area contributed by atoms with Crippen LogP contribution >= 0.6 is 0 Å². The number of aliphatic hydroxyl groups is 1. The number of aliphatic hydroxyl groups excluding tert-OH is 1. The van der Waals surface area contributed by atoms with Gasteiger partial charge in [0.1, 0.15) is 0 Å². The van der Waals surface area contributed by atoms with E-state index in [2.05, 4.69) is 12.7 Å². The van der Waals surface area contributed by atoms with Gasteiger partial charge in [0.25, 0.3) is 0 Å². The molecule has 0 saturated heterocycles. The highest BCUT2D eigenvalue weighted by Gasteiger charge is 1.91. The second-order valence-electron chi connectivity index (χ2n) is 3.08. The second kappa shape index (κ2) is 9.49. The third-order valence-electron chi connectivity index (χ3n) is 1.52. The lowest BCUT2D eigenvalue weighted by Gasteiger charge is -2.02. The van der Waals surface area contributed by atoms with Crippen LogP contribution in [0.15, 0.2) is 24.8 Å². The molecule has 13 heavy (non-hydrogen) atoms. The lowest BCUT2D eigenvalue weighted by molar-refractivity contribution is 0.0598. The van der Waals surface area contributed by atoms with Crippen molar-refractivity contribution in [2.45, 2.75) is 32.3 Å². The van der Waals surface area contributed by atoms with E-state index >= 15 is 0 Å². The lowest BCUT2D eigenvalue weighted by Crippen LogP contribution is -2.09. The Morgan fingerprint density at radius 2 is 2.15 bits per heavy atom. The molecule has 0 spiro atoms. The van der Waals surface area contributed by atoms with Crippen molar-refractivity contribution in [3.8, 4) is 0 Å². The third-order valence-corrected chi connectivity index (χ3v) is 1.52. The van der Waals surface area contributed by atoms with Crippen LogP contribution in [0.3, 0.4) is 0 Å². The fourth-order valence-corrected chi connectivity index (χ4v) is 0.873. The first-order chi connectivity index (χ1) is 6.27. The Hall–Kier alpha value is -0.600. The van der Waals surface area contributed by atoms with Crippen molar-refractivity contribution in [3.63, 3.8) is 0 Å². The van der Waals surface area contributed by atoms with Crippen LogP contribution in [0.4, 0.5) is 0 Å². The van der Waals surface area contributed by atoms with Gasteiger partial charge in [0, 0.05) is 0 Å². The summed E-state index contributed by atoms with van der Waals surface area (Å²) >= 11 is 0. The third kappa shape index (κ3) is 11.4. The molecule has 0 aromatic rings. The number of hydrogen-bond donors (Lipinski definition) is 1. The van der Waals surface area contributed by atoms with E-state index in [0.717, 1.165) is 19.3 Å². The average Bonchev–Trinajstić information content (AvgIpc) is 2.09. The first-order valence-electron chi connectivity index (χ1n) is 4.79. The number of rotatable bonds is 8. The van der Waals surface area contributed by atoms with E-state index in [1.807, 2.05) is 12.2 Å². The van der Waals surface area contributed by atoms with Crippen molar-refractivity contribution in [2.75, 3.05) is 13.2 Å². The molecule has 0 rings (SSSR count). The predicted octanol–water partition coefficient (Wildman–Crippen LogP) is 2.30. The molecule has 0 aromatic carbocycles. The van der Waals surface area contributed by atoms with Gasteiger partial charge < -0.3 is 9.84 Å². The molecule has 1 N–H and O–H groups in total. The quantitative estimate of drug-likeness (QED) is 0.463. The summed E-state index contributed by atoms with van der Waals surface area (Å²) in [4.78, 5) is 0. The standard InChI is InChI=1S/C11H20O2/c1-3-4-5-6-7-8-9-13-10-11(2)12/h3,7-8,11-12H,1,4-6,9-10H2,2H3/b8-7-. The van der Waals surface area contributed by atoms with Gasteiger partial charge in [0.15, 0.2) is 0 Å². The number of ether oxygens (including phenoxy) is 1. The number of unbranched alkanes of at least 4 members (excludes halogenated alkanes) is 2. The first kappa shape index (κ1) is 12.4. The molecular formula is C11H20O2. The van der Waals surface area contributed by atoms with E-state index in [1.54, 1.807) is 6.92 Å². The van der Waals surface area contributed by atoms with E-state index in [1.165, 1.54) is 0 Å². The Balaban J connectivity index is 3.07. The highest BCUT2D eigenvalue weighted by Crippen LogP contribution is 1.96. The normalized spacial score (nSPS) is 13.4. The zero-order chi connectivity index (χ0) is 9.94. The molecule has 2 nitrogen and oxygen atoms in total. The Morgan fingerprint density at radius 1 is 1.38 bits per heavy atom. The van der Waals surface area contributed by atoms with Gasteiger partial charge in [0.2, 0.25) is 0 Å². The maximum Gasteiger partial charge on any atom is 0.0745 e. The fourth-order valence-electron chi connectivity index (χ4n) is 0.873. The summed E-state index contributed by atoms with van der Waals surface area (Å²) in [6.07, 6.45) is 8.95. The summed E-state index contributed by atoms with van der Waals surface area (Å²) < 4.78 is 5.14. The highest BCUT2D eigenvalue weighted by molar-refractivity contribution is 4.82. The summed E-state index contributed by atoms with van der Waals surface area (Å²) in [5, 5.41) is 8.86. The van der Waals surface area contributed by atoms with Crippen molar-refractivity contribution in [2.24, 2.45) is 0 Å². The summed E-state index contributed by atoms with van der Waals surface area (Å²) in [7, 11) is 0. The molecule has 0 aliphatic heterocycles. The van der Waals surface area contributed by atoms with Gasteiger partial charge in [0.05, 0.1) is 19.3 Å². The van der Waals surface area contributed by atoms with Crippen LogP contribution in [0.5, 0.6) is 0 Å². The molecule has 2 heteroatoms. The summed E-state index contributed by atoms with van der Waals surface area (Å²) in [6.45, 7) is 6.38.